The maximum atomic E-state index is 15.0. The molecule has 5 heterocycles. The van der Waals surface area contributed by atoms with Gasteiger partial charge in [-0.25, -0.2) is 4.39 Å². The Hall–Kier alpha value is -3.29. The van der Waals surface area contributed by atoms with Gasteiger partial charge in [0.1, 0.15) is 12.0 Å². The van der Waals surface area contributed by atoms with E-state index in [1.54, 1.807) is 45.0 Å². The molecular formula is C35H45ClFN7O4. The van der Waals surface area contributed by atoms with Crippen LogP contribution >= 0.6 is 11.6 Å². The third-order valence-electron chi connectivity index (χ3n) is 11.0. The Labute approximate surface area is 286 Å². The fraction of sp³-hybridized carbons (Fsp3) is 0.571. The zero-order chi connectivity index (χ0) is 33.5. The molecule has 4 fully saturated rings. The van der Waals surface area contributed by atoms with Crippen LogP contribution in [0.5, 0.6) is 0 Å². The molecule has 2 aromatic rings. The van der Waals surface area contributed by atoms with Gasteiger partial charge < -0.3 is 34.9 Å². The standard InChI is InChI=1S/C35H45ClFN7O4/c1-39-13-15-40(16-14-39)32(45)22-44-29-7-4-23(26-6-5-24(36)20-28(26)37)19-27(29)33(46)43-18-17-41(21-31(43)35(44)48)34(47)30-3-2-12-42(30)25-8-10-38-11-9-25/h4-7,19-20,25,30-31,35,38,48H,2-3,8-18,21-22H2,1H3. The lowest BCUT2D eigenvalue weighted by molar-refractivity contribution is -0.141. The van der Waals surface area contributed by atoms with Gasteiger partial charge in [0, 0.05) is 62.4 Å². The van der Waals surface area contributed by atoms with E-state index >= 15 is 4.39 Å². The van der Waals surface area contributed by atoms with E-state index in [9.17, 15) is 19.5 Å². The van der Waals surface area contributed by atoms with Gasteiger partial charge in [-0.3, -0.25) is 19.3 Å². The average Bonchev–Trinajstić information content (AvgIpc) is 3.58. The molecular weight excluding hydrogens is 637 g/mol. The summed E-state index contributed by atoms with van der Waals surface area (Å²) < 4.78 is 15.0. The predicted molar refractivity (Wildman–Crippen MR) is 181 cm³/mol. The molecule has 7 rings (SSSR count). The molecule has 5 aliphatic rings. The third kappa shape index (κ3) is 6.40. The Morgan fingerprint density at radius 3 is 2.44 bits per heavy atom. The first-order valence-corrected chi connectivity index (χ1v) is 17.6. The lowest BCUT2D eigenvalue weighted by atomic mass is 10.00. The third-order valence-corrected chi connectivity index (χ3v) is 11.2. The number of nitrogens with zero attached hydrogens (tertiary/aromatic N) is 6. The minimum Gasteiger partial charge on any atom is -0.371 e. The summed E-state index contributed by atoms with van der Waals surface area (Å²) in [6.07, 6.45) is 2.56. The van der Waals surface area contributed by atoms with E-state index in [-0.39, 0.29) is 54.0 Å². The first-order chi connectivity index (χ1) is 23.2. The first-order valence-electron chi connectivity index (χ1n) is 17.3. The second kappa shape index (κ2) is 13.9. The van der Waals surface area contributed by atoms with Gasteiger partial charge in [-0.2, -0.15) is 0 Å². The van der Waals surface area contributed by atoms with E-state index in [0.717, 1.165) is 58.4 Å². The molecule has 0 aliphatic carbocycles. The number of halogens is 2. The number of benzene rings is 2. The minimum atomic E-state index is -1.25. The van der Waals surface area contributed by atoms with Crippen molar-refractivity contribution in [2.24, 2.45) is 0 Å². The van der Waals surface area contributed by atoms with E-state index in [1.807, 2.05) is 11.9 Å². The molecule has 0 radical (unpaired) electrons. The number of amides is 3. The topological polar surface area (TPSA) is 103 Å². The van der Waals surface area contributed by atoms with Gasteiger partial charge in [0.05, 0.1) is 29.9 Å². The van der Waals surface area contributed by atoms with Crippen molar-refractivity contribution < 1.29 is 23.9 Å². The Morgan fingerprint density at radius 1 is 0.938 bits per heavy atom. The summed E-state index contributed by atoms with van der Waals surface area (Å²) in [5, 5.41) is 15.8. The van der Waals surface area contributed by atoms with Gasteiger partial charge in [0.15, 0.2) is 0 Å². The molecule has 3 atom stereocenters. The van der Waals surface area contributed by atoms with E-state index < -0.39 is 18.1 Å². The van der Waals surface area contributed by atoms with Gasteiger partial charge in [-0.05, 0) is 88.3 Å². The van der Waals surface area contributed by atoms with Gasteiger partial charge in [0.2, 0.25) is 11.8 Å². The van der Waals surface area contributed by atoms with Crippen molar-refractivity contribution in [3.8, 4) is 11.1 Å². The number of piperazine rings is 2. The van der Waals surface area contributed by atoms with Crippen molar-refractivity contribution in [3.63, 3.8) is 0 Å². The highest BCUT2D eigenvalue weighted by molar-refractivity contribution is 6.30. The summed E-state index contributed by atoms with van der Waals surface area (Å²) >= 11 is 6.01. The number of likely N-dealkylation sites (N-methyl/N-ethyl adjacent to an activating group) is 1. The van der Waals surface area contributed by atoms with Crippen molar-refractivity contribution in [2.75, 3.05) is 83.9 Å². The van der Waals surface area contributed by atoms with Crippen molar-refractivity contribution in [2.45, 2.75) is 50.0 Å². The number of hydrogen-bond acceptors (Lipinski definition) is 8. The van der Waals surface area contributed by atoms with Crippen LogP contribution in [0.2, 0.25) is 5.02 Å². The van der Waals surface area contributed by atoms with E-state index in [2.05, 4.69) is 15.1 Å². The number of piperidine rings is 1. The lowest BCUT2D eigenvalue weighted by Gasteiger charge is -2.45. The largest absolute Gasteiger partial charge is 0.371 e. The van der Waals surface area contributed by atoms with E-state index in [0.29, 0.717) is 42.5 Å². The average molecular weight is 682 g/mol. The number of nitrogens with one attached hydrogen (secondary N) is 1. The normalized spacial score (nSPS) is 26.0. The number of carbonyl (C=O) groups is 3. The summed E-state index contributed by atoms with van der Waals surface area (Å²) in [7, 11) is 2.02. The summed E-state index contributed by atoms with van der Waals surface area (Å²) in [6.45, 7) is 6.08. The molecule has 13 heteroatoms. The summed E-state index contributed by atoms with van der Waals surface area (Å²) in [5.74, 6) is -0.924. The molecule has 11 nitrogen and oxygen atoms in total. The highest BCUT2D eigenvalue weighted by atomic mass is 35.5. The van der Waals surface area contributed by atoms with Crippen molar-refractivity contribution in [3.05, 3.63) is 52.8 Å². The van der Waals surface area contributed by atoms with Crippen LogP contribution < -0.4 is 10.2 Å². The van der Waals surface area contributed by atoms with Gasteiger partial charge in [-0.15, -0.1) is 0 Å². The zero-order valence-electron chi connectivity index (χ0n) is 27.5. The maximum absolute atomic E-state index is 15.0. The quantitative estimate of drug-likeness (QED) is 0.494. The maximum Gasteiger partial charge on any atom is 0.256 e. The molecule has 5 aliphatic heterocycles. The summed E-state index contributed by atoms with van der Waals surface area (Å²) in [4.78, 5) is 53.6. The molecule has 0 bridgehead atoms. The number of aliphatic hydroxyl groups excluding tert-OH is 1. The van der Waals surface area contributed by atoms with Crippen LogP contribution in [0.3, 0.4) is 0 Å². The highest BCUT2D eigenvalue weighted by Crippen LogP contribution is 2.36. The molecule has 3 unspecified atom stereocenters. The van der Waals surface area contributed by atoms with Crippen LogP contribution in [0.15, 0.2) is 36.4 Å². The Balaban J connectivity index is 1.19. The Morgan fingerprint density at radius 2 is 1.69 bits per heavy atom. The van der Waals surface area contributed by atoms with Gasteiger partial charge in [0.25, 0.3) is 5.91 Å². The lowest BCUT2D eigenvalue weighted by Crippen LogP contribution is -2.64. The second-order valence-corrected chi connectivity index (χ2v) is 14.2. The van der Waals surface area contributed by atoms with E-state index in [1.165, 1.54) is 6.07 Å². The molecule has 2 N–H and O–H groups in total. The van der Waals surface area contributed by atoms with Crippen molar-refractivity contribution in [1.29, 1.82) is 0 Å². The van der Waals surface area contributed by atoms with Crippen LogP contribution in [-0.2, 0) is 9.59 Å². The highest BCUT2D eigenvalue weighted by Gasteiger charge is 2.46. The number of carbonyl (C=O) groups excluding carboxylic acids is 3. The molecule has 3 amide bonds. The second-order valence-electron chi connectivity index (χ2n) is 13.8. The number of anilines is 1. The van der Waals surface area contributed by atoms with Crippen LogP contribution in [0.25, 0.3) is 11.1 Å². The predicted octanol–water partition coefficient (Wildman–Crippen LogP) is 1.93. The number of rotatable bonds is 5. The molecule has 48 heavy (non-hydrogen) atoms. The summed E-state index contributed by atoms with van der Waals surface area (Å²) in [5.41, 5.74) is 1.47. The number of hydrogen-bond donors (Lipinski definition) is 2. The first kappa shape index (κ1) is 33.2. The monoisotopic (exact) mass is 681 g/mol. The molecule has 2 aromatic carbocycles. The molecule has 0 aromatic heterocycles. The Kier molecular flexibility index (Phi) is 9.63. The molecule has 0 saturated carbocycles. The van der Waals surface area contributed by atoms with Crippen LogP contribution in [0.1, 0.15) is 36.0 Å². The van der Waals surface area contributed by atoms with Crippen molar-refractivity contribution in [1.82, 2.24) is 29.8 Å². The van der Waals surface area contributed by atoms with E-state index in [4.69, 9.17) is 11.6 Å². The molecule has 258 valence electrons. The SMILES string of the molecule is CN1CCN(C(=O)CN2c3ccc(-c4ccc(Cl)cc4F)cc3C(=O)N3CCN(C(=O)C4CCCN4C4CCNCC4)CC3C2O)CC1. The smallest absolute Gasteiger partial charge is 0.256 e. The zero-order valence-corrected chi connectivity index (χ0v) is 28.2. The number of fused-ring (bicyclic) bond motifs is 2. The van der Waals surface area contributed by atoms with Crippen LogP contribution in [0, 0.1) is 5.82 Å². The summed E-state index contributed by atoms with van der Waals surface area (Å²) in [6, 6.07) is 8.85. The fourth-order valence-electron chi connectivity index (χ4n) is 8.19. The number of likely N-dealkylation sites (tertiary alicyclic amines) is 1. The van der Waals surface area contributed by atoms with Gasteiger partial charge in [-0.1, -0.05) is 17.7 Å². The Bertz CT molecular complexity index is 1550. The fourth-order valence-corrected chi connectivity index (χ4v) is 8.35. The van der Waals surface area contributed by atoms with Crippen LogP contribution in [0.4, 0.5) is 10.1 Å². The van der Waals surface area contributed by atoms with Crippen LogP contribution in [-0.4, -0.2) is 151 Å². The minimum absolute atomic E-state index is 0.0488. The molecule has 0 spiro atoms. The van der Waals surface area contributed by atoms with Crippen molar-refractivity contribution >= 4 is 35.0 Å². The number of aliphatic hydroxyl groups is 1. The molecule has 4 saturated heterocycles. The van der Waals surface area contributed by atoms with Gasteiger partial charge >= 0.3 is 0 Å².